The fourth-order valence-electron chi connectivity index (χ4n) is 2.50. The molecule has 29 heavy (non-hydrogen) atoms. The van der Waals surface area contributed by atoms with E-state index in [4.69, 9.17) is 27.6 Å². The van der Waals surface area contributed by atoms with Crippen molar-refractivity contribution in [2.75, 3.05) is 5.75 Å². The molecule has 0 saturated carbocycles. The Morgan fingerprint density at radius 2 is 2.03 bits per heavy atom. The third kappa shape index (κ3) is 4.82. The fraction of sp³-hybridized carbons (Fsp3) is 0.0500. The number of benzene rings is 2. The van der Waals surface area contributed by atoms with Crippen molar-refractivity contribution in [2.45, 2.75) is 4.34 Å². The highest BCUT2D eigenvalue weighted by Crippen LogP contribution is 2.34. The molecule has 1 N–H and O–H groups in total. The summed E-state index contributed by atoms with van der Waals surface area (Å²) in [4.78, 5) is 16.5. The van der Waals surface area contributed by atoms with Crippen molar-refractivity contribution < 1.29 is 9.21 Å². The smallest absolute Gasteiger partial charge is 0.250 e. The third-order valence-electron chi connectivity index (χ3n) is 3.83. The van der Waals surface area contributed by atoms with E-state index in [1.807, 2.05) is 30.3 Å². The summed E-state index contributed by atoms with van der Waals surface area (Å²) in [7, 11) is 0. The highest BCUT2D eigenvalue weighted by Gasteiger charge is 2.11. The molecule has 0 fully saturated rings. The molecule has 9 heteroatoms. The third-order valence-corrected chi connectivity index (χ3v) is 6.82. The number of rotatable bonds is 6. The van der Waals surface area contributed by atoms with Crippen molar-refractivity contribution in [2.24, 2.45) is 5.10 Å². The molecule has 1 amide bonds. The maximum absolute atomic E-state index is 12.0. The number of hydrogen-bond donors (Lipinski definition) is 1. The van der Waals surface area contributed by atoms with E-state index in [1.165, 1.54) is 18.0 Å². The average molecular weight is 462 g/mol. The van der Waals surface area contributed by atoms with Crippen molar-refractivity contribution >= 4 is 68.6 Å². The molecule has 0 radical (unpaired) electrons. The number of furan rings is 1. The van der Waals surface area contributed by atoms with Gasteiger partial charge in [-0.25, -0.2) is 10.4 Å². The predicted molar refractivity (Wildman–Crippen MR) is 120 cm³/mol. The van der Waals surface area contributed by atoms with Crippen LogP contribution in [0.25, 0.3) is 21.5 Å². The number of halogens is 2. The topological polar surface area (TPSA) is 67.5 Å². The van der Waals surface area contributed by atoms with Crippen LogP contribution in [0.1, 0.15) is 5.76 Å². The number of nitrogens with zero attached hydrogens (tertiary/aromatic N) is 2. The second kappa shape index (κ2) is 9.00. The molecule has 4 rings (SSSR count). The van der Waals surface area contributed by atoms with Gasteiger partial charge >= 0.3 is 0 Å². The molecular weight excluding hydrogens is 449 g/mol. The molecule has 0 bridgehead atoms. The van der Waals surface area contributed by atoms with Crippen LogP contribution in [-0.4, -0.2) is 22.9 Å². The second-order valence-electron chi connectivity index (χ2n) is 5.83. The summed E-state index contributed by atoms with van der Waals surface area (Å²) in [5.74, 6) is 1.04. The van der Waals surface area contributed by atoms with E-state index < -0.39 is 0 Å². The number of para-hydroxylation sites is 1. The summed E-state index contributed by atoms with van der Waals surface area (Å²) in [6, 6.07) is 16.7. The van der Waals surface area contributed by atoms with Gasteiger partial charge in [0.25, 0.3) is 5.91 Å². The number of carbonyl (C=O) groups excluding carboxylic acids is 1. The number of thioether (sulfide) groups is 1. The zero-order chi connectivity index (χ0) is 20.2. The summed E-state index contributed by atoms with van der Waals surface area (Å²) >= 11 is 15.2. The SMILES string of the molecule is O=C(CSc1nc2ccccc2s1)N/N=C\c1ccc(-c2cccc(Cl)c2Cl)o1. The molecule has 0 spiro atoms. The first-order chi connectivity index (χ1) is 14.1. The van der Waals surface area contributed by atoms with E-state index in [1.54, 1.807) is 35.6 Å². The number of thiazole rings is 1. The largest absolute Gasteiger partial charge is 0.455 e. The zero-order valence-electron chi connectivity index (χ0n) is 14.8. The number of aromatic nitrogens is 1. The summed E-state index contributed by atoms with van der Waals surface area (Å²) in [6.45, 7) is 0. The lowest BCUT2D eigenvalue weighted by atomic mass is 10.2. The lowest BCUT2D eigenvalue weighted by Gasteiger charge is -2.01. The van der Waals surface area contributed by atoms with Crippen LogP contribution in [0.4, 0.5) is 0 Å². The minimum absolute atomic E-state index is 0.221. The first-order valence-electron chi connectivity index (χ1n) is 8.44. The first kappa shape index (κ1) is 20.0. The Morgan fingerprint density at radius 3 is 2.90 bits per heavy atom. The van der Waals surface area contributed by atoms with Crippen LogP contribution in [0, 0.1) is 0 Å². The summed E-state index contributed by atoms with van der Waals surface area (Å²) in [5.41, 5.74) is 4.11. The van der Waals surface area contributed by atoms with E-state index in [2.05, 4.69) is 15.5 Å². The maximum Gasteiger partial charge on any atom is 0.250 e. The van der Waals surface area contributed by atoms with Gasteiger partial charge in [-0.15, -0.1) is 11.3 Å². The molecule has 2 aromatic carbocycles. The quantitative estimate of drug-likeness (QED) is 0.213. The number of nitrogens with one attached hydrogen (secondary N) is 1. The van der Waals surface area contributed by atoms with E-state index in [0.29, 0.717) is 27.1 Å². The standard InChI is InChI=1S/C20H13Cl2N3O2S2/c21-14-5-3-4-13(19(14)22)16-9-8-12(27-16)10-23-25-18(26)11-28-20-24-15-6-1-2-7-17(15)29-20/h1-10H,11H2,(H,25,26)/b23-10-. The molecule has 146 valence electrons. The lowest BCUT2D eigenvalue weighted by Crippen LogP contribution is -2.19. The number of amides is 1. The van der Waals surface area contributed by atoms with Crippen LogP contribution in [0.5, 0.6) is 0 Å². The number of hydrogen-bond acceptors (Lipinski definition) is 6. The van der Waals surface area contributed by atoms with Gasteiger partial charge in [0.2, 0.25) is 0 Å². The highest BCUT2D eigenvalue weighted by atomic mass is 35.5. The van der Waals surface area contributed by atoms with Gasteiger partial charge in [-0.2, -0.15) is 5.10 Å². The molecule has 0 unspecified atom stereocenters. The molecule has 0 saturated heterocycles. The summed E-state index contributed by atoms with van der Waals surface area (Å²) < 4.78 is 7.64. The van der Waals surface area contributed by atoms with Crippen LogP contribution in [-0.2, 0) is 4.79 Å². The Kier molecular flexibility index (Phi) is 6.20. The van der Waals surface area contributed by atoms with Crippen molar-refractivity contribution in [3.63, 3.8) is 0 Å². The van der Waals surface area contributed by atoms with Crippen molar-refractivity contribution in [1.82, 2.24) is 10.4 Å². The van der Waals surface area contributed by atoms with E-state index in [9.17, 15) is 4.79 Å². The highest BCUT2D eigenvalue weighted by molar-refractivity contribution is 8.01. The lowest BCUT2D eigenvalue weighted by molar-refractivity contribution is -0.118. The molecular formula is C20H13Cl2N3O2S2. The Balaban J connectivity index is 1.32. The number of hydrazone groups is 1. The van der Waals surface area contributed by atoms with E-state index >= 15 is 0 Å². The van der Waals surface area contributed by atoms with Gasteiger partial charge in [0.15, 0.2) is 4.34 Å². The maximum atomic E-state index is 12.0. The van der Waals surface area contributed by atoms with Gasteiger partial charge in [0.1, 0.15) is 11.5 Å². The Morgan fingerprint density at radius 1 is 1.17 bits per heavy atom. The summed E-state index contributed by atoms with van der Waals surface area (Å²) in [6.07, 6.45) is 1.43. The van der Waals surface area contributed by atoms with Crippen molar-refractivity contribution in [3.05, 3.63) is 70.4 Å². The minimum Gasteiger partial charge on any atom is -0.455 e. The first-order valence-corrected chi connectivity index (χ1v) is 11.0. The molecule has 2 heterocycles. The number of carbonyl (C=O) groups is 1. The minimum atomic E-state index is -0.227. The van der Waals surface area contributed by atoms with E-state index in [0.717, 1.165) is 14.6 Å². The molecule has 0 atom stereocenters. The fourth-order valence-corrected chi connectivity index (χ4v) is 4.76. The van der Waals surface area contributed by atoms with Crippen molar-refractivity contribution in [1.29, 1.82) is 0 Å². The van der Waals surface area contributed by atoms with Gasteiger partial charge in [-0.05, 0) is 36.4 Å². The number of fused-ring (bicyclic) bond motifs is 1. The molecule has 4 aromatic rings. The van der Waals surface area contributed by atoms with Gasteiger partial charge in [-0.3, -0.25) is 4.79 Å². The molecule has 0 aliphatic rings. The average Bonchev–Trinajstić information content (AvgIpc) is 3.35. The molecule has 2 aromatic heterocycles. The van der Waals surface area contributed by atoms with Gasteiger partial charge in [0, 0.05) is 5.56 Å². The van der Waals surface area contributed by atoms with Crippen LogP contribution < -0.4 is 5.43 Å². The second-order valence-corrected chi connectivity index (χ2v) is 8.87. The monoisotopic (exact) mass is 461 g/mol. The predicted octanol–water partition coefficient (Wildman–Crippen LogP) is 6.11. The molecule has 0 aliphatic carbocycles. The van der Waals surface area contributed by atoms with Crippen molar-refractivity contribution in [3.8, 4) is 11.3 Å². The zero-order valence-corrected chi connectivity index (χ0v) is 17.9. The Bertz CT molecular complexity index is 1170. The van der Waals surface area contributed by atoms with Crippen LogP contribution in [0.3, 0.4) is 0 Å². The summed E-state index contributed by atoms with van der Waals surface area (Å²) in [5, 5.41) is 4.81. The van der Waals surface area contributed by atoms with E-state index in [-0.39, 0.29) is 11.7 Å². The van der Waals surface area contributed by atoms with Crippen LogP contribution in [0.2, 0.25) is 10.0 Å². The molecule has 0 aliphatic heterocycles. The van der Waals surface area contributed by atoms with Gasteiger partial charge in [-0.1, -0.05) is 53.2 Å². The normalized spacial score (nSPS) is 11.4. The van der Waals surface area contributed by atoms with Gasteiger partial charge in [0.05, 0.1) is 32.2 Å². The van der Waals surface area contributed by atoms with Gasteiger partial charge < -0.3 is 4.42 Å². The van der Waals surface area contributed by atoms with Crippen LogP contribution >= 0.6 is 46.3 Å². The van der Waals surface area contributed by atoms with Crippen LogP contribution in [0.15, 0.2) is 68.5 Å². The Labute approximate surface area is 184 Å². The Hall–Kier alpha value is -2.32. The molecule has 5 nitrogen and oxygen atoms in total.